The van der Waals surface area contributed by atoms with Crippen molar-refractivity contribution in [3.8, 4) is 5.75 Å². The molecule has 0 aliphatic rings. The molecule has 0 unspecified atom stereocenters. The maximum absolute atomic E-state index is 12.1. The second-order valence-corrected chi connectivity index (χ2v) is 6.10. The number of carbonyl (C=O) groups excluding carboxylic acids is 2. The smallest absolute Gasteiger partial charge is 0.315 e. The van der Waals surface area contributed by atoms with E-state index in [0.717, 1.165) is 11.3 Å². The molecule has 0 aliphatic heterocycles. The highest BCUT2D eigenvalue weighted by Gasteiger charge is 2.06. The van der Waals surface area contributed by atoms with Crippen LogP contribution in [0, 0.1) is 0 Å². The average Bonchev–Trinajstić information content (AvgIpc) is 2.64. The molecule has 0 saturated heterocycles. The molecule has 0 spiro atoms. The molecular formula is C20H25N3O3. The Morgan fingerprint density at radius 1 is 0.962 bits per heavy atom. The predicted molar refractivity (Wildman–Crippen MR) is 101 cm³/mol. The van der Waals surface area contributed by atoms with E-state index in [9.17, 15) is 9.59 Å². The zero-order valence-electron chi connectivity index (χ0n) is 15.1. The summed E-state index contributed by atoms with van der Waals surface area (Å²) < 4.78 is 5.53. The molecule has 3 amide bonds. The molecule has 0 saturated carbocycles. The van der Waals surface area contributed by atoms with Crippen LogP contribution >= 0.6 is 0 Å². The maximum Gasteiger partial charge on any atom is 0.315 e. The Morgan fingerprint density at radius 3 is 2.31 bits per heavy atom. The fourth-order valence-corrected chi connectivity index (χ4v) is 2.22. The number of hydrogen-bond acceptors (Lipinski definition) is 3. The van der Waals surface area contributed by atoms with E-state index >= 15 is 0 Å². The second kappa shape index (κ2) is 10.1. The van der Waals surface area contributed by atoms with E-state index in [-0.39, 0.29) is 18.0 Å². The number of para-hydroxylation sites is 1. The van der Waals surface area contributed by atoms with Gasteiger partial charge in [0.2, 0.25) is 0 Å². The monoisotopic (exact) mass is 355 g/mol. The van der Waals surface area contributed by atoms with Crippen molar-refractivity contribution in [3.05, 3.63) is 65.7 Å². The highest BCUT2D eigenvalue weighted by molar-refractivity contribution is 5.94. The lowest BCUT2D eigenvalue weighted by atomic mass is 10.1. The minimum absolute atomic E-state index is 0.0898. The van der Waals surface area contributed by atoms with Crippen LogP contribution in [-0.2, 0) is 6.54 Å². The van der Waals surface area contributed by atoms with E-state index in [2.05, 4.69) is 16.0 Å². The SMILES string of the molecule is CC(C)NC(=O)NCc1ccc(C(=O)NCCOc2ccccc2)cc1. The number of rotatable bonds is 8. The van der Waals surface area contributed by atoms with Crippen LogP contribution in [0.4, 0.5) is 4.79 Å². The first-order valence-corrected chi connectivity index (χ1v) is 8.64. The first kappa shape index (κ1) is 19.3. The molecule has 0 atom stereocenters. The van der Waals surface area contributed by atoms with Crippen molar-refractivity contribution in [2.45, 2.75) is 26.4 Å². The Kier molecular flexibility index (Phi) is 7.49. The third-order valence-electron chi connectivity index (χ3n) is 3.49. The Labute approximate surface area is 153 Å². The highest BCUT2D eigenvalue weighted by atomic mass is 16.5. The summed E-state index contributed by atoms with van der Waals surface area (Å²) in [4.78, 5) is 23.7. The molecule has 2 rings (SSSR count). The molecule has 3 N–H and O–H groups in total. The number of hydrogen-bond donors (Lipinski definition) is 3. The standard InChI is InChI=1S/C20H25N3O3/c1-15(2)23-20(25)22-14-16-8-10-17(11-9-16)19(24)21-12-13-26-18-6-4-3-5-7-18/h3-11,15H,12-14H2,1-2H3,(H,21,24)(H2,22,23,25). The third kappa shape index (κ3) is 6.84. The van der Waals surface area contributed by atoms with E-state index in [0.29, 0.717) is 25.3 Å². The highest BCUT2D eigenvalue weighted by Crippen LogP contribution is 2.07. The lowest BCUT2D eigenvalue weighted by Gasteiger charge is -2.10. The molecule has 26 heavy (non-hydrogen) atoms. The molecule has 6 nitrogen and oxygen atoms in total. The second-order valence-electron chi connectivity index (χ2n) is 6.10. The number of amides is 3. The number of nitrogens with one attached hydrogen (secondary N) is 3. The van der Waals surface area contributed by atoms with E-state index in [1.54, 1.807) is 12.1 Å². The molecule has 2 aromatic carbocycles. The van der Waals surface area contributed by atoms with Gasteiger partial charge >= 0.3 is 6.03 Å². The zero-order valence-corrected chi connectivity index (χ0v) is 15.1. The normalized spacial score (nSPS) is 10.3. The largest absolute Gasteiger partial charge is 0.492 e. The number of benzene rings is 2. The van der Waals surface area contributed by atoms with Gasteiger partial charge in [0.15, 0.2) is 0 Å². The summed E-state index contributed by atoms with van der Waals surface area (Å²) in [6, 6.07) is 16.5. The van der Waals surface area contributed by atoms with Crippen LogP contribution in [0.3, 0.4) is 0 Å². The summed E-state index contributed by atoms with van der Waals surface area (Å²) in [7, 11) is 0. The van der Waals surface area contributed by atoms with Gasteiger partial charge in [-0.05, 0) is 43.7 Å². The predicted octanol–water partition coefficient (Wildman–Crippen LogP) is 2.70. The molecule has 0 fully saturated rings. The summed E-state index contributed by atoms with van der Waals surface area (Å²) in [6.45, 7) is 5.04. The van der Waals surface area contributed by atoms with Gasteiger partial charge in [-0.2, -0.15) is 0 Å². The lowest BCUT2D eigenvalue weighted by molar-refractivity contribution is 0.0947. The van der Waals surface area contributed by atoms with Gasteiger partial charge in [0, 0.05) is 18.2 Å². The van der Waals surface area contributed by atoms with Crippen LogP contribution < -0.4 is 20.7 Å². The summed E-state index contributed by atoms with van der Waals surface area (Å²) in [5.74, 6) is 0.624. The molecule has 0 aromatic heterocycles. The molecule has 0 radical (unpaired) electrons. The van der Waals surface area contributed by atoms with Crippen molar-refractivity contribution in [2.75, 3.05) is 13.2 Å². The Balaban J connectivity index is 1.71. The van der Waals surface area contributed by atoms with Crippen molar-refractivity contribution in [1.82, 2.24) is 16.0 Å². The molecule has 6 heteroatoms. The van der Waals surface area contributed by atoms with Gasteiger partial charge in [0.1, 0.15) is 12.4 Å². The summed E-state index contributed by atoms with van der Waals surface area (Å²) in [6.07, 6.45) is 0. The van der Waals surface area contributed by atoms with E-state index < -0.39 is 0 Å². The third-order valence-corrected chi connectivity index (χ3v) is 3.49. The van der Waals surface area contributed by atoms with Crippen LogP contribution in [-0.4, -0.2) is 31.1 Å². The molecule has 0 heterocycles. The summed E-state index contributed by atoms with van der Waals surface area (Å²) in [5.41, 5.74) is 1.49. The Bertz CT molecular complexity index is 700. The van der Waals surface area contributed by atoms with E-state index in [4.69, 9.17) is 4.74 Å². The quantitative estimate of drug-likeness (QED) is 0.637. The van der Waals surface area contributed by atoms with E-state index in [1.165, 1.54) is 0 Å². The fourth-order valence-electron chi connectivity index (χ4n) is 2.22. The summed E-state index contributed by atoms with van der Waals surface area (Å²) in [5, 5.41) is 8.34. The molecule has 0 bridgehead atoms. The number of carbonyl (C=O) groups is 2. The van der Waals surface area contributed by atoms with Crippen LogP contribution in [0.2, 0.25) is 0 Å². The maximum atomic E-state index is 12.1. The minimum atomic E-state index is -0.208. The van der Waals surface area contributed by atoms with Crippen molar-refractivity contribution < 1.29 is 14.3 Å². The van der Waals surface area contributed by atoms with Gasteiger partial charge < -0.3 is 20.7 Å². The number of urea groups is 1. The first-order chi connectivity index (χ1) is 12.5. The summed E-state index contributed by atoms with van der Waals surface area (Å²) >= 11 is 0. The van der Waals surface area contributed by atoms with Gasteiger partial charge in [-0.25, -0.2) is 4.79 Å². The van der Waals surface area contributed by atoms with Gasteiger partial charge in [-0.1, -0.05) is 30.3 Å². The van der Waals surface area contributed by atoms with E-state index in [1.807, 2.05) is 56.3 Å². The van der Waals surface area contributed by atoms with Crippen LogP contribution in [0.15, 0.2) is 54.6 Å². The minimum Gasteiger partial charge on any atom is -0.492 e. The zero-order chi connectivity index (χ0) is 18.8. The lowest BCUT2D eigenvalue weighted by Crippen LogP contribution is -2.39. The average molecular weight is 355 g/mol. The van der Waals surface area contributed by atoms with Gasteiger partial charge in [-0.3, -0.25) is 4.79 Å². The molecule has 2 aromatic rings. The van der Waals surface area contributed by atoms with Gasteiger partial charge in [0.05, 0.1) is 6.54 Å². The fraction of sp³-hybridized carbons (Fsp3) is 0.300. The Hall–Kier alpha value is -3.02. The van der Waals surface area contributed by atoms with Crippen molar-refractivity contribution in [2.24, 2.45) is 0 Å². The van der Waals surface area contributed by atoms with Crippen molar-refractivity contribution in [1.29, 1.82) is 0 Å². The van der Waals surface area contributed by atoms with Crippen LogP contribution in [0.5, 0.6) is 5.75 Å². The van der Waals surface area contributed by atoms with Crippen LogP contribution in [0.25, 0.3) is 0 Å². The Morgan fingerprint density at radius 2 is 1.65 bits per heavy atom. The number of ether oxygens (including phenoxy) is 1. The molecule has 0 aliphatic carbocycles. The van der Waals surface area contributed by atoms with Crippen molar-refractivity contribution in [3.63, 3.8) is 0 Å². The van der Waals surface area contributed by atoms with Gasteiger partial charge in [-0.15, -0.1) is 0 Å². The first-order valence-electron chi connectivity index (χ1n) is 8.64. The van der Waals surface area contributed by atoms with Crippen LogP contribution in [0.1, 0.15) is 29.8 Å². The van der Waals surface area contributed by atoms with Gasteiger partial charge in [0.25, 0.3) is 5.91 Å². The molecular weight excluding hydrogens is 330 g/mol. The molecule has 138 valence electrons. The topological polar surface area (TPSA) is 79.5 Å². The van der Waals surface area contributed by atoms with Crippen molar-refractivity contribution >= 4 is 11.9 Å².